The number of nitrogens with zero attached hydrogens (tertiary/aromatic N) is 3. The second-order valence-electron chi connectivity index (χ2n) is 8.97. The van der Waals surface area contributed by atoms with Crippen LogP contribution in [0.3, 0.4) is 0 Å². The van der Waals surface area contributed by atoms with E-state index in [1.54, 1.807) is 11.1 Å². The molecule has 2 heterocycles. The van der Waals surface area contributed by atoms with Gasteiger partial charge in [-0.1, -0.05) is 30.3 Å². The Balaban J connectivity index is 1.59. The second-order valence-corrected chi connectivity index (χ2v) is 8.97. The maximum atomic E-state index is 12.3. The molecular formula is C23H33N3O3. The number of benzene rings is 1. The van der Waals surface area contributed by atoms with E-state index in [0.717, 1.165) is 43.1 Å². The smallest absolute Gasteiger partial charge is 0.410 e. The minimum Gasteiger partial charge on any atom is -0.444 e. The number of hydrogen-bond acceptors (Lipinski definition) is 5. The number of rotatable bonds is 5. The molecule has 29 heavy (non-hydrogen) atoms. The molecule has 0 aliphatic carbocycles. The summed E-state index contributed by atoms with van der Waals surface area (Å²) in [4.78, 5) is 20.9. The first-order valence-electron chi connectivity index (χ1n) is 10.4. The number of aromatic nitrogens is 1. The van der Waals surface area contributed by atoms with Crippen molar-refractivity contribution in [1.82, 2.24) is 14.8 Å². The van der Waals surface area contributed by atoms with Gasteiger partial charge in [0.1, 0.15) is 5.60 Å². The molecule has 1 aliphatic rings. The van der Waals surface area contributed by atoms with Crippen LogP contribution in [0.2, 0.25) is 0 Å². The number of likely N-dealkylation sites (tertiary alicyclic amines) is 1. The van der Waals surface area contributed by atoms with E-state index in [9.17, 15) is 4.79 Å². The van der Waals surface area contributed by atoms with Crippen molar-refractivity contribution in [2.75, 3.05) is 26.7 Å². The molecule has 1 aliphatic heterocycles. The van der Waals surface area contributed by atoms with E-state index in [2.05, 4.69) is 16.8 Å². The minimum atomic E-state index is -0.472. The highest BCUT2D eigenvalue weighted by Gasteiger charge is 2.29. The molecule has 0 spiro atoms. The van der Waals surface area contributed by atoms with E-state index < -0.39 is 5.60 Å². The van der Waals surface area contributed by atoms with Gasteiger partial charge in [0.15, 0.2) is 5.76 Å². The van der Waals surface area contributed by atoms with Crippen molar-refractivity contribution in [3.63, 3.8) is 0 Å². The molecule has 1 aromatic carbocycles. The molecule has 0 saturated carbocycles. The Bertz CT molecular complexity index is 797. The zero-order valence-electron chi connectivity index (χ0n) is 18.2. The molecule has 2 unspecified atom stereocenters. The molecule has 2 atom stereocenters. The minimum absolute atomic E-state index is 0.0992. The molecule has 3 rings (SSSR count). The Kier molecular flexibility index (Phi) is 6.63. The molecule has 1 fully saturated rings. The average Bonchev–Trinajstić information content (AvgIpc) is 3.17. The monoisotopic (exact) mass is 399 g/mol. The second kappa shape index (κ2) is 8.99. The highest BCUT2D eigenvalue weighted by Crippen LogP contribution is 2.29. The van der Waals surface area contributed by atoms with Gasteiger partial charge in [0.2, 0.25) is 5.89 Å². The van der Waals surface area contributed by atoms with Crippen LogP contribution in [-0.4, -0.2) is 53.2 Å². The molecule has 1 aromatic heterocycles. The van der Waals surface area contributed by atoms with Gasteiger partial charge in [-0.25, -0.2) is 9.78 Å². The Morgan fingerprint density at radius 3 is 2.76 bits per heavy atom. The van der Waals surface area contributed by atoms with Crippen LogP contribution in [-0.2, 0) is 4.74 Å². The van der Waals surface area contributed by atoms with E-state index in [1.807, 2.05) is 58.2 Å². The maximum Gasteiger partial charge on any atom is 0.410 e. The first kappa shape index (κ1) is 21.4. The van der Waals surface area contributed by atoms with Gasteiger partial charge in [-0.3, -0.25) is 4.90 Å². The first-order valence-corrected chi connectivity index (χ1v) is 10.4. The zero-order valence-corrected chi connectivity index (χ0v) is 18.2. The van der Waals surface area contributed by atoms with E-state index in [1.165, 1.54) is 0 Å². The fraction of sp³-hybridized carbons (Fsp3) is 0.565. The predicted octanol–water partition coefficient (Wildman–Crippen LogP) is 4.98. The van der Waals surface area contributed by atoms with Gasteiger partial charge in [-0.2, -0.15) is 0 Å². The van der Waals surface area contributed by atoms with Gasteiger partial charge in [0.05, 0.1) is 12.2 Å². The van der Waals surface area contributed by atoms with Crippen molar-refractivity contribution in [2.24, 2.45) is 5.92 Å². The van der Waals surface area contributed by atoms with E-state index in [0.29, 0.717) is 12.5 Å². The normalized spacial score (nSPS) is 19.0. The van der Waals surface area contributed by atoms with Crippen LogP contribution in [0, 0.1) is 5.92 Å². The number of piperidine rings is 1. The number of ether oxygens (including phenoxy) is 1. The molecular weight excluding hydrogens is 366 g/mol. The zero-order chi connectivity index (χ0) is 21.0. The molecule has 6 nitrogen and oxygen atoms in total. The quantitative estimate of drug-likeness (QED) is 0.709. The number of carbonyl (C=O) groups is 1. The summed E-state index contributed by atoms with van der Waals surface area (Å²) in [6.45, 7) is 10.4. The molecule has 6 heteroatoms. The van der Waals surface area contributed by atoms with Crippen molar-refractivity contribution in [2.45, 2.75) is 52.2 Å². The lowest BCUT2D eigenvalue weighted by atomic mass is 9.96. The molecule has 158 valence electrons. The number of oxazole rings is 1. The van der Waals surface area contributed by atoms with Gasteiger partial charge in [-0.05, 0) is 53.0 Å². The van der Waals surface area contributed by atoms with E-state index >= 15 is 0 Å². The van der Waals surface area contributed by atoms with Crippen LogP contribution in [0.5, 0.6) is 0 Å². The van der Waals surface area contributed by atoms with Crippen molar-refractivity contribution in [3.8, 4) is 11.3 Å². The summed E-state index contributed by atoms with van der Waals surface area (Å²) in [7, 11) is 1.82. The van der Waals surface area contributed by atoms with Gasteiger partial charge in [0.25, 0.3) is 0 Å². The van der Waals surface area contributed by atoms with Crippen LogP contribution in [0.1, 0.15) is 52.5 Å². The van der Waals surface area contributed by atoms with E-state index in [-0.39, 0.29) is 12.1 Å². The SMILES string of the molecule is CC(c1ncc(-c2ccccc2)o1)N1CCCC(CN(C)C(=O)OC(C)(C)C)C1. The van der Waals surface area contributed by atoms with Crippen molar-refractivity contribution < 1.29 is 13.9 Å². The third kappa shape index (κ3) is 5.82. The highest BCUT2D eigenvalue weighted by molar-refractivity contribution is 5.67. The fourth-order valence-corrected chi connectivity index (χ4v) is 3.77. The van der Waals surface area contributed by atoms with Crippen LogP contribution < -0.4 is 0 Å². The summed E-state index contributed by atoms with van der Waals surface area (Å²) in [6, 6.07) is 10.1. The first-order chi connectivity index (χ1) is 13.7. The van der Waals surface area contributed by atoms with Crippen LogP contribution in [0.4, 0.5) is 4.79 Å². The van der Waals surface area contributed by atoms with Gasteiger partial charge >= 0.3 is 6.09 Å². The summed E-state index contributed by atoms with van der Waals surface area (Å²) < 4.78 is 11.5. The average molecular weight is 400 g/mol. The molecule has 0 radical (unpaired) electrons. The largest absolute Gasteiger partial charge is 0.444 e. The number of amides is 1. The number of hydrogen-bond donors (Lipinski definition) is 0. The standard InChI is InChI=1S/C23H33N3O3/c1-17(21-24-14-20(28-21)19-11-7-6-8-12-19)26-13-9-10-18(16-26)15-25(5)22(27)29-23(2,3)4/h6-8,11-12,14,17-18H,9-10,13,15-16H2,1-5H3. The lowest BCUT2D eigenvalue weighted by Crippen LogP contribution is -2.43. The van der Waals surface area contributed by atoms with Gasteiger partial charge < -0.3 is 14.1 Å². The molecule has 0 N–H and O–H groups in total. The Hall–Kier alpha value is -2.34. The van der Waals surface area contributed by atoms with Crippen LogP contribution in [0.25, 0.3) is 11.3 Å². The molecule has 1 amide bonds. The molecule has 2 aromatic rings. The number of carbonyl (C=O) groups excluding carboxylic acids is 1. The maximum absolute atomic E-state index is 12.3. The van der Waals surface area contributed by atoms with Gasteiger partial charge in [0, 0.05) is 25.7 Å². The van der Waals surface area contributed by atoms with Crippen LogP contribution >= 0.6 is 0 Å². The fourth-order valence-electron chi connectivity index (χ4n) is 3.77. The summed E-state index contributed by atoms with van der Waals surface area (Å²) >= 11 is 0. The third-order valence-corrected chi connectivity index (χ3v) is 5.27. The Labute approximate surface area is 173 Å². The molecule has 1 saturated heterocycles. The summed E-state index contributed by atoms with van der Waals surface area (Å²) in [5.74, 6) is 1.95. The van der Waals surface area contributed by atoms with Crippen molar-refractivity contribution in [1.29, 1.82) is 0 Å². The summed E-state index contributed by atoms with van der Waals surface area (Å²) in [5, 5.41) is 0. The van der Waals surface area contributed by atoms with Crippen molar-refractivity contribution >= 4 is 6.09 Å². The topological polar surface area (TPSA) is 58.8 Å². The molecule has 0 bridgehead atoms. The van der Waals surface area contributed by atoms with Gasteiger partial charge in [-0.15, -0.1) is 0 Å². The highest BCUT2D eigenvalue weighted by atomic mass is 16.6. The van der Waals surface area contributed by atoms with Crippen molar-refractivity contribution in [3.05, 3.63) is 42.4 Å². The van der Waals surface area contributed by atoms with Crippen LogP contribution in [0.15, 0.2) is 40.9 Å². The summed E-state index contributed by atoms with van der Waals surface area (Å²) in [6.07, 6.45) is 3.75. The summed E-state index contributed by atoms with van der Waals surface area (Å²) in [5.41, 5.74) is 0.564. The Morgan fingerprint density at radius 1 is 1.34 bits per heavy atom. The third-order valence-electron chi connectivity index (χ3n) is 5.27. The Morgan fingerprint density at radius 2 is 2.07 bits per heavy atom. The lowest BCUT2D eigenvalue weighted by Gasteiger charge is -2.37. The lowest BCUT2D eigenvalue weighted by molar-refractivity contribution is 0.0226. The predicted molar refractivity (Wildman–Crippen MR) is 114 cm³/mol. The van der Waals surface area contributed by atoms with E-state index in [4.69, 9.17) is 9.15 Å².